The van der Waals surface area contributed by atoms with Gasteiger partial charge in [-0.2, -0.15) is 5.10 Å². The quantitative estimate of drug-likeness (QED) is 0.325. The number of unbranched alkanes of at least 4 members (excludes halogenated alkanes) is 3. The van der Waals surface area contributed by atoms with Gasteiger partial charge in [0.2, 0.25) is 16.9 Å². The van der Waals surface area contributed by atoms with Crippen molar-refractivity contribution < 1.29 is 9.59 Å². The van der Waals surface area contributed by atoms with Crippen LogP contribution in [0.4, 0.5) is 5.13 Å². The minimum absolute atomic E-state index is 0.0573. The minimum atomic E-state index is -0.294. The van der Waals surface area contributed by atoms with E-state index in [1.54, 1.807) is 6.21 Å². The number of halogens is 1. The number of hydrogen-bond acceptors (Lipinski definition) is 6. The number of nitrogens with zero attached hydrogens (tertiary/aromatic N) is 3. The summed E-state index contributed by atoms with van der Waals surface area (Å²) in [4.78, 5) is 23.7. The smallest absolute Gasteiger partial charge is 0.247 e. The molecule has 9 heteroatoms. The van der Waals surface area contributed by atoms with Crippen molar-refractivity contribution >= 4 is 50.4 Å². The molecule has 0 saturated heterocycles. The van der Waals surface area contributed by atoms with Crippen LogP contribution in [0.15, 0.2) is 33.8 Å². The summed E-state index contributed by atoms with van der Waals surface area (Å²) in [5, 5.41) is 15.4. The molecule has 0 atom stereocenters. The summed E-state index contributed by atoms with van der Waals surface area (Å²) in [6, 6.07) is 7.54. The SMILES string of the molecule is CCCCCCC(=O)Nc1nnc(CC(=O)N/N=C\c2ccc(Br)cc2)s1. The molecule has 0 aliphatic heterocycles. The van der Waals surface area contributed by atoms with Gasteiger partial charge in [0.25, 0.3) is 0 Å². The van der Waals surface area contributed by atoms with E-state index in [2.05, 4.69) is 48.9 Å². The van der Waals surface area contributed by atoms with Gasteiger partial charge in [0.1, 0.15) is 5.01 Å². The van der Waals surface area contributed by atoms with Gasteiger partial charge < -0.3 is 5.32 Å². The van der Waals surface area contributed by atoms with Crippen LogP contribution < -0.4 is 10.7 Å². The maximum Gasteiger partial charge on any atom is 0.247 e. The highest BCUT2D eigenvalue weighted by atomic mass is 79.9. The first-order valence-corrected chi connectivity index (χ1v) is 10.4. The van der Waals surface area contributed by atoms with Gasteiger partial charge in [0.05, 0.1) is 12.6 Å². The van der Waals surface area contributed by atoms with Gasteiger partial charge in [0.15, 0.2) is 0 Å². The predicted octanol–water partition coefficient (Wildman–Crippen LogP) is 3.90. The van der Waals surface area contributed by atoms with E-state index in [9.17, 15) is 9.59 Å². The molecule has 0 radical (unpaired) electrons. The number of nitrogens with one attached hydrogen (secondary N) is 2. The fraction of sp³-hybridized carbons (Fsp3) is 0.389. The number of anilines is 1. The maximum absolute atomic E-state index is 11.9. The summed E-state index contributed by atoms with van der Waals surface area (Å²) in [6.45, 7) is 2.13. The summed E-state index contributed by atoms with van der Waals surface area (Å²) >= 11 is 4.55. The molecule has 2 amide bonds. The highest BCUT2D eigenvalue weighted by molar-refractivity contribution is 9.10. The average molecular weight is 452 g/mol. The zero-order valence-electron chi connectivity index (χ0n) is 15.1. The van der Waals surface area contributed by atoms with E-state index in [1.807, 2.05) is 24.3 Å². The zero-order chi connectivity index (χ0) is 19.5. The van der Waals surface area contributed by atoms with Crippen molar-refractivity contribution in [2.45, 2.75) is 45.4 Å². The molecular weight excluding hydrogens is 430 g/mol. The summed E-state index contributed by atoms with van der Waals surface area (Å²) < 4.78 is 0.976. The van der Waals surface area contributed by atoms with Crippen LogP contribution in [-0.4, -0.2) is 28.2 Å². The van der Waals surface area contributed by atoms with Crippen molar-refractivity contribution in [2.24, 2.45) is 5.10 Å². The molecule has 1 heterocycles. The molecule has 0 bridgehead atoms. The Morgan fingerprint density at radius 3 is 2.67 bits per heavy atom. The molecule has 7 nitrogen and oxygen atoms in total. The van der Waals surface area contributed by atoms with Gasteiger partial charge in [0, 0.05) is 10.9 Å². The summed E-state index contributed by atoms with van der Waals surface area (Å²) in [5.41, 5.74) is 3.33. The maximum atomic E-state index is 11.9. The van der Waals surface area contributed by atoms with Gasteiger partial charge in [-0.25, -0.2) is 5.43 Å². The van der Waals surface area contributed by atoms with Crippen LogP contribution in [0, 0.1) is 0 Å². The highest BCUT2D eigenvalue weighted by Crippen LogP contribution is 2.16. The molecule has 0 spiro atoms. The van der Waals surface area contributed by atoms with Crippen molar-refractivity contribution in [3.63, 3.8) is 0 Å². The number of benzene rings is 1. The number of amides is 2. The lowest BCUT2D eigenvalue weighted by molar-refractivity contribution is -0.120. The van der Waals surface area contributed by atoms with Crippen LogP contribution in [0.2, 0.25) is 0 Å². The molecule has 0 aliphatic carbocycles. The topological polar surface area (TPSA) is 96.3 Å². The second kappa shape index (κ2) is 11.6. The molecule has 1 aromatic heterocycles. The van der Waals surface area contributed by atoms with E-state index in [4.69, 9.17) is 0 Å². The normalized spacial score (nSPS) is 10.9. The van der Waals surface area contributed by atoms with Gasteiger partial charge in [-0.15, -0.1) is 10.2 Å². The number of carbonyl (C=O) groups excluding carboxylic acids is 2. The lowest BCUT2D eigenvalue weighted by atomic mass is 10.1. The second-order valence-electron chi connectivity index (χ2n) is 5.88. The van der Waals surface area contributed by atoms with E-state index >= 15 is 0 Å². The molecule has 0 fully saturated rings. The first kappa shape index (κ1) is 21.2. The Labute approximate surface area is 170 Å². The molecule has 2 rings (SSSR count). The van der Waals surface area contributed by atoms with Crippen molar-refractivity contribution in [1.29, 1.82) is 0 Å². The van der Waals surface area contributed by atoms with E-state index < -0.39 is 0 Å². The van der Waals surface area contributed by atoms with Gasteiger partial charge >= 0.3 is 0 Å². The second-order valence-corrected chi connectivity index (χ2v) is 7.86. The molecular formula is C18H22BrN5O2S. The van der Waals surface area contributed by atoms with E-state index in [0.29, 0.717) is 16.6 Å². The largest absolute Gasteiger partial charge is 0.301 e. The molecule has 0 aliphatic rings. The van der Waals surface area contributed by atoms with E-state index in [1.165, 1.54) is 11.3 Å². The molecule has 27 heavy (non-hydrogen) atoms. The Bertz CT molecular complexity index is 776. The van der Waals surface area contributed by atoms with Crippen LogP contribution in [-0.2, 0) is 16.0 Å². The standard InChI is InChI=1S/C18H22BrN5O2S/c1-2-3-4-5-6-15(25)21-18-24-23-17(27-18)11-16(26)22-20-12-13-7-9-14(19)10-8-13/h7-10,12H,2-6,11H2,1H3,(H,22,26)(H,21,24,25)/b20-12-. The van der Waals surface area contributed by atoms with E-state index in [0.717, 1.165) is 35.7 Å². The van der Waals surface area contributed by atoms with Gasteiger partial charge in [-0.1, -0.05) is 65.6 Å². The third kappa shape index (κ3) is 8.40. The summed E-state index contributed by atoms with van der Waals surface area (Å²) in [5.74, 6) is -0.366. The molecule has 144 valence electrons. The Kier molecular flexibility index (Phi) is 9.06. The lowest BCUT2D eigenvalue weighted by Crippen LogP contribution is -2.19. The van der Waals surface area contributed by atoms with Crippen LogP contribution in [0.25, 0.3) is 0 Å². The van der Waals surface area contributed by atoms with E-state index in [-0.39, 0.29) is 18.2 Å². The van der Waals surface area contributed by atoms with Crippen LogP contribution in [0.3, 0.4) is 0 Å². The van der Waals surface area contributed by atoms with Crippen molar-refractivity contribution in [3.05, 3.63) is 39.3 Å². The number of hydrogen-bond donors (Lipinski definition) is 2. The van der Waals surface area contributed by atoms with Gasteiger partial charge in [-0.3, -0.25) is 9.59 Å². The monoisotopic (exact) mass is 451 g/mol. The molecule has 0 saturated carbocycles. The van der Waals surface area contributed by atoms with Crippen LogP contribution >= 0.6 is 27.3 Å². The number of carbonyl (C=O) groups is 2. The molecule has 2 N–H and O–H groups in total. The first-order valence-electron chi connectivity index (χ1n) is 8.76. The predicted molar refractivity (Wildman–Crippen MR) is 111 cm³/mol. The van der Waals surface area contributed by atoms with Gasteiger partial charge in [-0.05, 0) is 24.1 Å². The fourth-order valence-electron chi connectivity index (χ4n) is 2.17. The Hall–Kier alpha value is -2.13. The molecule has 1 aromatic carbocycles. The third-order valence-corrected chi connectivity index (χ3v) is 4.92. The first-order chi connectivity index (χ1) is 13.1. The minimum Gasteiger partial charge on any atom is -0.301 e. The van der Waals surface area contributed by atoms with Crippen molar-refractivity contribution in [1.82, 2.24) is 15.6 Å². The zero-order valence-corrected chi connectivity index (χ0v) is 17.5. The fourth-order valence-corrected chi connectivity index (χ4v) is 3.19. The summed E-state index contributed by atoms with van der Waals surface area (Å²) in [6.07, 6.45) is 6.28. The average Bonchev–Trinajstić information content (AvgIpc) is 3.07. The molecule has 0 unspecified atom stereocenters. The Morgan fingerprint density at radius 2 is 1.93 bits per heavy atom. The number of hydrazone groups is 1. The third-order valence-electron chi connectivity index (χ3n) is 3.56. The van der Waals surface area contributed by atoms with Crippen LogP contribution in [0.5, 0.6) is 0 Å². The summed E-state index contributed by atoms with van der Waals surface area (Å²) in [7, 11) is 0. The Balaban J connectivity index is 1.73. The highest BCUT2D eigenvalue weighted by Gasteiger charge is 2.11. The number of aromatic nitrogens is 2. The lowest BCUT2D eigenvalue weighted by Gasteiger charge is -2.00. The van der Waals surface area contributed by atoms with Crippen molar-refractivity contribution in [3.8, 4) is 0 Å². The number of rotatable bonds is 10. The van der Waals surface area contributed by atoms with Crippen molar-refractivity contribution in [2.75, 3.05) is 5.32 Å². The molecule has 2 aromatic rings. The Morgan fingerprint density at radius 1 is 1.15 bits per heavy atom. The van der Waals surface area contributed by atoms with Crippen LogP contribution in [0.1, 0.15) is 49.6 Å².